The Bertz CT molecular complexity index is 577. The van der Waals surface area contributed by atoms with Crippen LogP contribution < -0.4 is 5.32 Å². The maximum absolute atomic E-state index is 12.6. The van der Waals surface area contributed by atoms with Gasteiger partial charge in [0.25, 0.3) is 0 Å². The Morgan fingerprint density at radius 2 is 1.64 bits per heavy atom. The first-order valence-electron chi connectivity index (χ1n) is 9.00. The smallest absolute Gasteiger partial charge is 0.223 e. The molecule has 0 fully saturated rings. The Balaban J connectivity index is 2.73. The number of ether oxygens (including phenoxy) is 1. The number of amides is 1. The van der Waals surface area contributed by atoms with Crippen molar-refractivity contribution in [3.63, 3.8) is 0 Å². The highest BCUT2D eigenvalue weighted by Crippen LogP contribution is 2.22. The molecule has 0 aliphatic carbocycles. The predicted octanol–water partition coefficient (Wildman–Crippen LogP) is 3.92. The van der Waals surface area contributed by atoms with Gasteiger partial charge in [0.15, 0.2) is 5.78 Å². The molecule has 0 aromatic heterocycles. The van der Waals surface area contributed by atoms with Gasteiger partial charge in [0.1, 0.15) is 5.54 Å². The largest absolute Gasteiger partial charge is 0.370 e. The maximum Gasteiger partial charge on any atom is 0.223 e. The van der Waals surface area contributed by atoms with Crippen LogP contribution in [-0.2, 0) is 20.7 Å². The molecule has 1 amide bonds. The summed E-state index contributed by atoms with van der Waals surface area (Å²) in [4.78, 5) is 24.9. The summed E-state index contributed by atoms with van der Waals surface area (Å²) in [5, 5.41) is 2.94. The van der Waals surface area contributed by atoms with Crippen molar-refractivity contribution < 1.29 is 14.3 Å². The van der Waals surface area contributed by atoms with Crippen molar-refractivity contribution in [2.45, 2.75) is 78.6 Å². The highest BCUT2D eigenvalue weighted by atomic mass is 16.5. The minimum absolute atomic E-state index is 0.104. The van der Waals surface area contributed by atoms with Crippen LogP contribution in [0.4, 0.5) is 0 Å². The minimum atomic E-state index is -1.04. The predicted molar refractivity (Wildman–Crippen MR) is 101 cm³/mol. The number of hydrogen-bond donors (Lipinski definition) is 1. The second kappa shape index (κ2) is 8.61. The molecule has 0 spiro atoms. The van der Waals surface area contributed by atoms with Crippen molar-refractivity contribution in [1.29, 1.82) is 0 Å². The molecular formula is C21H33NO3. The SMILES string of the molecule is CC(=O)[C@@](C)(NC(=O)[C@@H](C)CCc1ccccc1)[C@@H](C)OC(C)(C)C. The van der Waals surface area contributed by atoms with Crippen LogP contribution in [0.1, 0.15) is 60.5 Å². The first-order chi connectivity index (χ1) is 11.5. The zero-order valence-electron chi connectivity index (χ0n) is 16.7. The molecule has 1 aromatic rings. The van der Waals surface area contributed by atoms with Crippen LogP contribution in [0, 0.1) is 5.92 Å². The third kappa shape index (κ3) is 6.62. The molecule has 0 saturated carbocycles. The van der Waals surface area contributed by atoms with Gasteiger partial charge >= 0.3 is 0 Å². The van der Waals surface area contributed by atoms with Gasteiger partial charge < -0.3 is 10.1 Å². The number of ketones is 1. The molecule has 3 atom stereocenters. The van der Waals surface area contributed by atoms with Gasteiger partial charge in [-0.3, -0.25) is 9.59 Å². The van der Waals surface area contributed by atoms with Crippen molar-refractivity contribution in [3.05, 3.63) is 35.9 Å². The Morgan fingerprint density at radius 3 is 2.12 bits per heavy atom. The van der Waals surface area contributed by atoms with E-state index in [2.05, 4.69) is 17.4 Å². The van der Waals surface area contributed by atoms with Crippen molar-refractivity contribution in [3.8, 4) is 0 Å². The van der Waals surface area contributed by atoms with Gasteiger partial charge in [0.2, 0.25) is 5.91 Å². The maximum atomic E-state index is 12.6. The van der Waals surface area contributed by atoms with E-state index in [1.807, 2.05) is 52.8 Å². The number of aryl methyl sites for hydroxylation is 1. The van der Waals surface area contributed by atoms with Crippen molar-refractivity contribution in [2.75, 3.05) is 0 Å². The third-order valence-electron chi connectivity index (χ3n) is 4.61. The van der Waals surface area contributed by atoms with Crippen molar-refractivity contribution in [1.82, 2.24) is 5.32 Å². The summed E-state index contributed by atoms with van der Waals surface area (Å²) in [7, 11) is 0. The molecule has 1 N–H and O–H groups in total. The number of Topliss-reactive ketones (excluding diaryl/α,β-unsaturated/α-hetero) is 1. The summed E-state index contributed by atoms with van der Waals surface area (Å²) in [5.74, 6) is -0.397. The first kappa shape index (κ1) is 21.4. The number of carbonyl (C=O) groups is 2. The first-order valence-corrected chi connectivity index (χ1v) is 9.00. The zero-order valence-corrected chi connectivity index (χ0v) is 16.7. The van der Waals surface area contributed by atoms with Crippen LogP contribution in [0.5, 0.6) is 0 Å². The molecule has 1 aromatic carbocycles. The van der Waals surface area contributed by atoms with Crippen molar-refractivity contribution >= 4 is 11.7 Å². The average Bonchev–Trinajstić information content (AvgIpc) is 2.51. The van der Waals surface area contributed by atoms with Crippen LogP contribution >= 0.6 is 0 Å². The Labute approximate surface area is 152 Å². The molecule has 4 nitrogen and oxygen atoms in total. The fourth-order valence-corrected chi connectivity index (χ4v) is 2.66. The Kier molecular flexibility index (Phi) is 7.36. The summed E-state index contributed by atoms with van der Waals surface area (Å²) in [6, 6.07) is 10.1. The number of nitrogens with one attached hydrogen (secondary N) is 1. The van der Waals surface area contributed by atoms with E-state index in [0.717, 1.165) is 12.8 Å². The molecule has 0 radical (unpaired) electrons. The average molecular weight is 347 g/mol. The van der Waals surface area contributed by atoms with Crippen LogP contribution in [0.3, 0.4) is 0 Å². The van der Waals surface area contributed by atoms with Gasteiger partial charge in [0.05, 0.1) is 11.7 Å². The Morgan fingerprint density at radius 1 is 1.08 bits per heavy atom. The summed E-state index contributed by atoms with van der Waals surface area (Å²) in [5.41, 5.74) is -0.216. The second-order valence-electron chi connectivity index (χ2n) is 8.05. The zero-order chi connectivity index (χ0) is 19.3. The lowest BCUT2D eigenvalue weighted by Gasteiger charge is -2.38. The Hall–Kier alpha value is -1.68. The summed E-state index contributed by atoms with van der Waals surface area (Å²) >= 11 is 0. The van der Waals surface area contributed by atoms with E-state index in [1.54, 1.807) is 6.92 Å². The van der Waals surface area contributed by atoms with E-state index in [0.29, 0.717) is 0 Å². The van der Waals surface area contributed by atoms with Gasteiger partial charge in [-0.25, -0.2) is 0 Å². The topological polar surface area (TPSA) is 55.4 Å². The van der Waals surface area contributed by atoms with E-state index in [9.17, 15) is 9.59 Å². The molecule has 1 rings (SSSR count). The fraction of sp³-hybridized carbons (Fsp3) is 0.619. The van der Waals surface area contributed by atoms with Gasteiger partial charge in [-0.15, -0.1) is 0 Å². The van der Waals surface area contributed by atoms with Crippen LogP contribution in [0.25, 0.3) is 0 Å². The summed E-state index contributed by atoms with van der Waals surface area (Å²) < 4.78 is 5.94. The van der Waals surface area contributed by atoms with E-state index in [1.165, 1.54) is 12.5 Å². The number of hydrogen-bond acceptors (Lipinski definition) is 3. The molecule has 0 heterocycles. The molecule has 0 unspecified atom stereocenters. The normalized spacial score (nSPS) is 16.6. The van der Waals surface area contributed by atoms with Gasteiger partial charge in [0, 0.05) is 5.92 Å². The molecule has 0 aliphatic heterocycles. The summed E-state index contributed by atoms with van der Waals surface area (Å²) in [6.07, 6.45) is 1.15. The van der Waals surface area contributed by atoms with Gasteiger partial charge in [-0.2, -0.15) is 0 Å². The lowest BCUT2D eigenvalue weighted by molar-refractivity contribution is -0.144. The van der Waals surface area contributed by atoms with E-state index in [4.69, 9.17) is 4.74 Å². The molecule has 4 heteroatoms. The molecule has 25 heavy (non-hydrogen) atoms. The molecule has 0 bridgehead atoms. The lowest BCUT2D eigenvalue weighted by Crippen LogP contribution is -2.61. The van der Waals surface area contributed by atoms with Gasteiger partial charge in [-0.05, 0) is 59.9 Å². The van der Waals surface area contributed by atoms with Crippen LogP contribution in [-0.4, -0.2) is 28.9 Å². The minimum Gasteiger partial charge on any atom is -0.370 e. The summed E-state index contributed by atoms with van der Waals surface area (Å²) in [6.45, 7) is 12.8. The van der Waals surface area contributed by atoms with E-state index in [-0.39, 0.29) is 23.2 Å². The highest BCUT2D eigenvalue weighted by molar-refractivity contribution is 5.92. The monoisotopic (exact) mass is 347 g/mol. The number of carbonyl (C=O) groups excluding carboxylic acids is 2. The van der Waals surface area contributed by atoms with Crippen LogP contribution in [0.2, 0.25) is 0 Å². The van der Waals surface area contributed by atoms with E-state index < -0.39 is 11.6 Å². The number of rotatable bonds is 8. The van der Waals surface area contributed by atoms with Gasteiger partial charge in [-0.1, -0.05) is 37.3 Å². The number of benzene rings is 1. The van der Waals surface area contributed by atoms with Crippen molar-refractivity contribution in [2.24, 2.45) is 5.92 Å². The van der Waals surface area contributed by atoms with E-state index >= 15 is 0 Å². The standard InChI is InChI=1S/C21H33NO3/c1-15(13-14-18-11-9-8-10-12-18)19(24)22-21(7,16(2)23)17(3)25-20(4,5)6/h8-12,15,17H,13-14H2,1-7H3,(H,22,24)/t15-,17+,21+/m0/s1. The molecule has 0 saturated heterocycles. The highest BCUT2D eigenvalue weighted by Gasteiger charge is 2.40. The molecular weight excluding hydrogens is 314 g/mol. The second-order valence-corrected chi connectivity index (χ2v) is 8.05. The third-order valence-corrected chi connectivity index (χ3v) is 4.61. The fourth-order valence-electron chi connectivity index (χ4n) is 2.66. The van der Waals surface area contributed by atoms with Crippen LogP contribution in [0.15, 0.2) is 30.3 Å². The molecule has 0 aliphatic rings. The quantitative estimate of drug-likeness (QED) is 0.775. The lowest BCUT2D eigenvalue weighted by atomic mass is 9.89. The molecule has 140 valence electrons.